The predicted molar refractivity (Wildman–Crippen MR) is 67.2 cm³/mol. The van der Waals surface area contributed by atoms with Crippen LogP contribution in [0.1, 0.15) is 20.3 Å². The van der Waals surface area contributed by atoms with Gasteiger partial charge in [0.2, 0.25) is 11.8 Å². The second-order valence-corrected chi connectivity index (χ2v) is 3.44. The molecule has 0 bridgehead atoms. The summed E-state index contributed by atoms with van der Waals surface area (Å²) in [7, 11) is 0. The van der Waals surface area contributed by atoms with Crippen LogP contribution in [0.25, 0.3) is 0 Å². The lowest BCUT2D eigenvalue weighted by molar-refractivity contribution is -0.116. The van der Waals surface area contributed by atoms with Crippen LogP contribution in [0.3, 0.4) is 0 Å². The van der Waals surface area contributed by atoms with Gasteiger partial charge in [0.15, 0.2) is 0 Å². The van der Waals surface area contributed by atoms with Gasteiger partial charge in [-0.3, -0.25) is 4.79 Å². The van der Waals surface area contributed by atoms with Gasteiger partial charge in [0, 0.05) is 19.2 Å². The average Bonchev–Trinajstić information content (AvgIpc) is 2.32. The Balaban J connectivity index is 2.52. The van der Waals surface area contributed by atoms with Crippen molar-refractivity contribution in [1.82, 2.24) is 10.3 Å². The van der Waals surface area contributed by atoms with E-state index in [1.54, 1.807) is 18.3 Å². The Morgan fingerprint density at radius 3 is 3.00 bits per heavy atom. The average molecular weight is 237 g/mol. The van der Waals surface area contributed by atoms with E-state index in [2.05, 4.69) is 15.6 Å². The zero-order valence-corrected chi connectivity index (χ0v) is 10.3. The first-order valence-corrected chi connectivity index (χ1v) is 5.86. The highest BCUT2D eigenvalue weighted by molar-refractivity contribution is 5.91. The summed E-state index contributed by atoms with van der Waals surface area (Å²) in [5, 5.41) is 5.88. The standard InChI is InChI=1S/C12H19N3O2/c1-3-13-9-7-11(16)15-10-6-5-8-14-12(10)17-4-2/h5-6,8,13H,3-4,7,9H2,1-2H3,(H,15,16). The summed E-state index contributed by atoms with van der Waals surface area (Å²) in [4.78, 5) is 15.7. The molecule has 5 nitrogen and oxygen atoms in total. The van der Waals surface area contributed by atoms with Crippen molar-refractivity contribution in [3.8, 4) is 5.88 Å². The van der Waals surface area contributed by atoms with Crippen LogP contribution >= 0.6 is 0 Å². The monoisotopic (exact) mass is 237 g/mol. The number of pyridine rings is 1. The molecule has 0 unspecified atom stereocenters. The zero-order valence-electron chi connectivity index (χ0n) is 10.3. The number of hydrogen-bond acceptors (Lipinski definition) is 4. The lowest BCUT2D eigenvalue weighted by Crippen LogP contribution is -2.21. The molecule has 1 amide bonds. The van der Waals surface area contributed by atoms with Crippen LogP contribution in [-0.4, -0.2) is 30.6 Å². The van der Waals surface area contributed by atoms with E-state index in [0.717, 1.165) is 6.54 Å². The van der Waals surface area contributed by atoms with Crippen molar-refractivity contribution < 1.29 is 9.53 Å². The Labute approximate surface area is 102 Å². The number of hydrogen-bond donors (Lipinski definition) is 2. The molecule has 0 spiro atoms. The molecule has 0 aliphatic heterocycles. The third kappa shape index (κ3) is 4.82. The van der Waals surface area contributed by atoms with Gasteiger partial charge in [0.1, 0.15) is 5.69 Å². The van der Waals surface area contributed by atoms with Crippen LogP contribution in [0.2, 0.25) is 0 Å². The van der Waals surface area contributed by atoms with Crippen molar-refractivity contribution in [2.24, 2.45) is 0 Å². The molecular weight excluding hydrogens is 218 g/mol. The van der Waals surface area contributed by atoms with Gasteiger partial charge in [-0.2, -0.15) is 0 Å². The molecule has 0 aliphatic rings. The molecule has 94 valence electrons. The van der Waals surface area contributed by atoms with Crippen molar-refractivity contribution in [3.05, 3.63) is 18.3 Å². The maximum absolute atomic E-state index is 11.6. The van der Waals surface area contributed by atoms with E-state index in [1.807, 2.05) is 13.8 Å². The molecular formula is C12H19N3O2. The number of anilines is 1. The molecule has 0 saturated carbocycles. The second-order valence-electron chi connectivity index (χ2n) is 3.44. The first-order chi connectivity index (χ1) is 8.27. The van der Waals surface area contributed by atoms with Crippen molar-refractivity contribution in [1.29, 1.82) is 0 Å². The number of amides is 1. The summed E-state index contributed by atoms with van der Waals surface area (Å²) in [6.45, 7) is 5.95. The summed E-state index contributed by atoms with van der Waals surface area (Å²) in [5.41, 5.74) is 0.621. The fourth-order valence-electron chi connectivity index (χ4n) is 1.33. The van der Waals surface area contributed by atoms with Crippen LogP contribution < -0.4 is 15.4 Å². The second kappa shape index (κ2) is 7.62. The summed E-state index contributed by atoms with van der Waals surface area (Å²) >= 11 is 0. The number of aromatic nitrogens is 1. The molecule has 0 aliphatic carbocycles. The fraction of sp³-hybridized carbons (Fsp3) is 0.500. The van der Waals surface area contributed by atoms with Gasteiger partial charge < -0.3 is 15.4 Å². The fourth-order valence-corrected chi connectivity index (χ4v) is 1.33. The van der Waals surface area contributed by atoms with Crippen LogP contribution in [0.4, 0.5) is 5.69 Å². The van der Waals surface area contributed by atoms with Crippen molar-refractivity contribution in [2.45, 2.75) is 20.3 Å². The molecule has 1 aromatic rings. The Morgan fingerprint density at radius 2 is 2.29 bits per heavy atom. The van der Waals surface area contributed by atoms with Gasteiger partial charge in [0.25, 0.3) is 0 Å². The maximum Gasteiger partial charge on any atom is 0.237 e. The SMILES string of the molecule is CCNCCC(=O)Nc1cccnc1OCC. The van der Waals surface area contributed by atoms with E-state index in [-0.39, 0.29) is 5.91 Å². The van der Waals surface area contributed by atoms with Crippen LogP contribution in [0, 0.1) is 0 Å². The molecule has 0 fully saturated rings. The van der Waals surface area contributed by atoms with Crippen molar-refractivity contribution in [3.63, 3.8) is 0 Å². The quantitative estimate of drug-likeness (QED) is 0.704. The summed E-state index contributed by atoms with van der Waals surface area (Å²) < 4.78 is 5.32. The lowest BCUT2D eigenvalue weighted by Gasteiger charge is -2.09. The van der Waals surface area contributed by atoms with Gasteiger partial charge in [-0.05, 0) is 25.6 Å². The molecule has 2 N–H and O–H groups in total. The molecule has 0 atom stereocenters. The van der Waals surface area contributed by atoms with E-state index in [4.69, 9.17) is 4.74 Å². The van der Waals surface area contributed by atoms with Crippen molar-refractivity contribution >= 4 is 11.6 Å². The van der Waals surface area contributed by atoms with Crippen LogP contribution in [0.5, 0.6) is 5.88 Å². The molecule has 1 rings (SSSR count). The Morgan fingerprint density at radius 1 is 1.47 bits per heavy atom. The molecule has 17 heavy (non-hydrogen) atoms. The predicted octanol–water partition coefficient (Wildman–Crippen LogP) is 1.42. The minimum absolute atomic E-state index is 0.0418. The van der Waals surface area contributed by atoms with E-state index in [9.17, 15) is 4.79 Å². The van der Waals surface area contributed by atoms with Gasteiger partial charge in [-0.25, -0.2) is 4.98 Å². The third-order valence-electron chi connectivity index (χ3n) is 2.11. The number of rotatable bonds is 7. The van der Waals surface area contributed by atoms with Crippen LogP contribution in [-0.2, 0) is 4.79 Å². The Bertz CT molecular complexity index is 355. The summed E-state index contributed by atoms with van der Waals surface area (Å²) in [6, 6.07) is 3.55. The number of nitrogens with zero attached hydrogens (tertiary/aromatic N) is 1. The maximum atomic E-state index is 11.6. The summed E-state index contributed by atoms with van der Waals surface area (Å²) in [5.74, 6) is 0.423. The van der Waals surface area contributed by atoms with Gasteiger partial charge in [-0.1, -0.05) is 6.92 Å². The highest BCUT2D eigenvalue weighted by atomic mass is 16.5. The van der Waals surface area contributed by atoms with Gasteiger partial charge in [-0.15, -0.1) is 0 Å². The smallest absolute Gasteiger partial charge is 0.237 e. The zero-order chi connectivity index (χ0) is 12.5. The molecule has 5 heteroatoms. The first-order valence-electron chi connectivity index (χ1n) is 5.86. The normalized spacial score (nSPS) is 10.0. The Kier molecular flexibility index (Phi) is 6.03. The van der Waals surface area contributed by atoms with E-state index >= 15 is 0 Å². The number of carbonyl (C=O) groups excluding carboxylic acids is 1. The van der Waals surface area contributed by atoms with Gasteiger partial charge in [0.05, 0.1) is 6.61 Å². The highest BCUT2D eigenvalue weighted by Crippen LogP contribution is 2.20. The Hall–Kier alpha value is -1.62. The first kappa shape index (κ1) is 13.4. The van der Waals surface area contributed by atoms with Crippen molar-refractivity contribution in [2.75, 3.05) is 25.0 Å². The lowest BCUT2D eigenvalue weighted by atomic mass is 10.3. The van der Waals surface area contributed by atoms with E-state index in [1.165, 1.54) is 0 Å². The molecule has 1 heterocycles. The van der Waals surface area contributed by atoms with E-state index < -0.39 is 0 Å². The molecule has 0 aromatic carbocycles. The largest absolute Gasteiger partial charge is 0.476 e. The topological polar surface area (TPSA) is 63.2 Å². The summed E-state index contributed by atoms with van der Waals surface area (Å²) in [6.07, 6.45) is 2.08. The minimum atomic E-state index is -0.0418. The highest BCUT2D eigenvalue weighted by Gasteiger charge is 2.07. The third-order valence-corrected chi connectivity index (χ3v) is 2.11. The molecule has 0 saturated heterocycles. The number of ether oxygens (including phenoxy) is 1. The number of carbonyl (C=O) groups is 1. The van der Waals surface area contributed by atoms with E-state index in [0.29, 0.717) is 31.1 Å². The minimum Gasteiger partial charge on any atom is -0.476 e. The van der Waals surface area contributed by atoms with Crippen LogP contribution in [0.15, 0.2) is 18.3 Å². The van der Waals surface area contributed by atoms with Gasteiger partial charge >= 0.3 is 0 Å². The molecule has 0 radical (unpaired) electrons. The number of nitrogens with one attached hydrogen (secondary N) is 2. The molecule has 1 aromatic heterocycles.